The highest BCUT2D eigenvalue weighted by Crippen LogP contribution is 1.92. The zero-order valence-corrected chi connectivity index (χ0v) is 10.6. The highest BCUT2D eigenvalue weighted by atomic mass is 16.1. The predicted molar refractivity (Wildman–Crippen MR) is 66.7 cm³/mol. The Hall–Kier alpha value is -1.03. The van der Waals surface area contributed by atoms with E-state index in [-0.39, 0.29) is 5.69 Å². The topological polar surface area (TPSA) is 39.0 Å². The standard InChI is InChI=1S/C12H23N3O/c1-4-6-13-11(3)10-15-9-8-14(7-5-2)12(15)16/h8-9,11,13H,4-7,10H2,1-3H3. The second kappa shape index (κ2) is 6.53. The van der Waals surface area contributed by atoms with Gasteiger partial charge in [-0.1, -0.05) is 13.8 Å². The second-order valence-electron chi connectivity index (χ2n) is 4.28. The molecule has 0 aliphatic carbocycles. The number of aryl methyl sites for hydroxylation is 1. The summed E-state index contributed by atoms with van der Waals surface area (Å²) < 4.78 is 3.55. The van der Waals surface area contributed by atoms with E-state index in [4.69, 9.17) is 0 Å². The summed E-state index contributed by atoms with van der Waals surface area (Å²) in [5.41, 5.74) is 0.104. The molecule has 4 nitrogen and oxygen atoms in total. The Morgan fingerprint density at radius 2 is 1.94 bits per heavy atom. The number of hydrogen-bond donors (Lipinski definition) is 1. The number of nitrogens with one attached hydrogen (secondary N) is 1. The van der Waals surface area contributed by atoms with Gasteiger partial charge in [0.15, 0.2) is 0 Å². The minimum atomic E-state index is 0.104. The second-order valence-corrected chi connectivity index (χ2v) is 4.28. The smallest absolute Gasteiger partial charge is 0.312 e. The van der Waals surface area contributed by atoms with Gasteiger partial charge in [0.05, 0.1) is 0 Å². The van der Waals surface area contributed by atoms with Crippen molar-refractivity contribution < 1.29 is 0 Å². The fraction of sp³-hybridized carbons (Fsp3) is 0.750. The van der Waals surface area contributed by atoms with Crippen molar-refractivity contribution in [2.75, 3.05) is 6.54 Å². The van der Waals surface area contributed by atoms with Crippen LogP contribution in [0.25, 0.3) is 0 Å². The molecule has 1 unspecified atom stereocenters. The van der Waals surface area contributed by atoms with E-state index in [1.807, 2.05) is 12.4 Å². The fourth-order valence-electron chi connectivity index (χ4n) is 1.75. The SMILES string of the molecule is CCCNC(C)Cn1ccn(CCC)c1=O. The van der Waals surface area contributed by atoms with Crippen molar-refractivity contribution in [2.24, 2.45) is 0 Å². The minimum Gasteiger partial charge on any atom is -0.312 e. The lowest BCUT2D eigenvalue weighted by Crippen LogP contribution is -2.35. The molecule has 0 aliphatic heterocycles. The van der Waals surface area contributed by atoms with E-state index < -0.39 is 0 Å². The van der Waals surface area contributed by atoms with Crippen LogP contribution in [0.3, 0.4) is 0 Å². The molecule has 1 aromatic rings. The van der Waals surface area contributed by atoms with Gasteiger partial charge in [-0.2, -0.15) is 0 Å². The first-order chi connectivity index (χ1) is 7.69. The van der Waals surface area contributed by atoms with E-state index in [0.717, 1.165) is 32.5 Å². The summed E-state index contributed by atoms with van der Waals surface area (Å²) in [6, 6.07) is 0.343. The molecule has 0 aromatic carbocycles. The maximum atomic E-state index is 11.9. The molecule has 4 heteroatoms. The first-order valence-electron chi connectivity index (χ1n) is 6.18. The molecule has 1 aromatic heterocycles. The van der Waals surface area contributed by atoms with E-state index in [1.54, 1.807) is 9.13 Å². The Labute approximate surface area is 97.3 Å². The third-order valence-electron chi connectivity index (χ3n) is 2.60. The highest BCUT2D eigenvalue weighted by Gasteiger charge is 2.06. The Balaban J connectivity index is 2.57. The number of rotatable bonds is 7. The monoisotopic (exact) mass is 225 g/mol. The number of nitrogens with zero attached hydrogens (tertiary/aromatic N) is 2. The molecule has 92 valence electrons. The van der Waals surface area contributed by atoms with Crippen LogP contribution in [0.2, 0.25) is 0 Å². The molecule has 0 aliphatic rings. The van der Waals surface area contributed by atoms with Gasteiger partial charge in [-0.15, -0.1) is 0 Å². The fourth-order valence-corrected chi connectivity index (χ4v) is 1.75. The van der Waals surface area contributed by atoms with Crippen LogP contribution in [0.4, 0.5) is 0 Å². The normalized spacial score (nSPS) is 12.9. The maximum Gasteiger partial charge on any atom is 0.328 e. The molecule has 0 saturated heterocycles. The highest BCUT2D eigenvalue weighted by molar-refractivity contribution is 4.82. The maximum absolute atomic E-state index is 11.9. The lowest BCUT2D eigenvalue weighted by molar-refractivity contribution is 0.464. The molecule has 1 N–H and O–H groups in total. The van der Waals surface area contributed by atoms with E-state index in [1.165, 1.54) is 0 Å². The molecule has 0 bridgehead atoms. The van der Waals surface area contributed by atoms with Crippen molar-refractivity contribution in [1.82, 2.24) is 14.5 Å². The molecule has 0 spiro atoms. The Morgan fingerprint density at radius 1 is 1.25 bits per heavy atom. The zero-order chi connectivity index (χ0) is 12.0. The minimum absolute atomic E-state index is 0.104. The quantitative estimate of drug-likeness (QED) is 0.763. The van der Waals surface area contributed by atoms with Crippen molar-refractivity contribution >= 4 is 0 Å². The Morgan fingerprint density at radius 3 is 2.56 bits per heavy atom. The number of hydrogen-bond acceptors (Lipinski definition) is 2. The predicted octanol–water partition coefficient (Wildman–Crippen LogP) is 1.45. The summed E-state index contributed by atoms with van der Waals surface area (Å²) >= 11 is 0. The average Bonchev–Trinajstić information content (AvgIpc) is 2.59. The molecule has 1 heterocycles. The van der Waals surface area contributed by atoms with Gasteiger partial charge in [0.2, 0.25) is 0 Å². The van der Waals surface area contributed by atoms with Gasteiger partial charge >= 0.3 is 5.69 Å². The summed E-state index contributed by atoms with van der Waals surface area (Å²) in [5, 5.41) is 3.38. The lowest BCUT2D eigenvalue weighted by Gasteiger charge is -2.12. The number of imidazole rings is 1. The molecule has 0 radical (unpaired) electrons. The van der Waals surface area contributed by atoms with Crippen LogP contribution in [-0.2, 0) is 13.1 Å². The molecule has 0 saturated carbocycles. The molecular weight excluding hydrogens is 202 g/mol. The van der Waals surface area contributed by atoms with Crippen LogP contribution in [-0.4, -0.2) is 21.7 Å². The summed E-state index contributed by atoms with van der Waals surface area (Å²) in [6.45, 7) is 8.89. The third kappa shape index (κ3) is 3.52. The van der Waals surface area contributed by atoms with Crippen LogP contribution >= 0.6 is 0 Å². The molecule has 0 fully saturated rings. The first-order valence-corrected chi connectivity index (χ1v) is 6.18. The summed E-state index contributed by atoms with van der Waals surface area (Å²) in [5.74, 6) is 0. The zero-order valence-electron chi connectivity index (χ0n) is 10.6. The van der Waals surface area contributed by atoms with E-state index in [2.05, 4.69) is 26.1 Å². The largest absolute Gasteiger partial charge is 0.328 e. The van der Waals surface area contributed by atoms with Gasteiger partial charge < -0.3 is 5.32 Å². The van der Waals surface area contributed by atoms with Crippen LogP contribution < -0.4 is 11.0 Å². The summed E-state index contributed by atoms with van der Waals surface area (Å²) in [6.07, 6.45) is 5.87. The summed E-state index contributed by atoms with van der Waals surface area (Å²) in [7, 11) is 0. The lowest BCUT2D eigenvalue weighted by atomic mass is 10.3. The first kappa shape index (κ1) is 13.0. The van der Waals surface area contributed by atoms with Crippen molar-refractivity contribution in [1.29, 1.82) is 0 Å². The van der Waals surface area contributed by atoms with Crippen LogP contribution in [0, 0.1) is 0 Å². The van der Waals surface area contributed by atoms with Crippen molar-refractivity contribution in [3.63, 3.8) is 0 Å². The molecule has 16 heavy (non-hydrogen) atoms. The van der Waals surface area contributed by atoms with Gasteiger partial charge in [0.1, 0.15) is 0 Å². The molecule has 0 amide bonds. The van der Waals surface area contributed by atoms with Gasteiger partial charge in [-0.3, -0.25) is 9.13 Å². The number of aromatic nitrogens is 2. The van der Waals surface area contributed by atoms with Crippen molar-refractivity contribution in [2.45, 2.75) is 52.7 Å². The Kier molecular flexibility index (Phi) is 5.32. The van der Waals surface area contributed by atoms with Crippen LogP contribution in [0.1, 0.15) is 33.6 Å². The van der Waals surface area contributed by atoms with Crippen LogP contribution in [0.15, 0.2) is 17.2 Å². The van der Waals surface area contributed by atoms with Gasteiger partial charge in [0, 0.05) is 31.5 Å². The van der Waals surface area contributed by atoms with Gasteiger partial charge in [-0.25, -0.2) is 4.79 Å². The van der Waals surface area contributed by atoms with E-state index >= 15 is 0 Å². The third-order valence-corrected chi connectivity index (χ3v) is 2.60. The molecule has 1 rings (SSSR count). The average molecular weight is 225 g/mol. The van der Waals surface area contributed by atoms with Gasteiger partial charge in [-0.05, 0) is 26.3 Å². The van der Waals surface area contributed by atoms with Crippen molar-refractivity contribution in [3.8, 4) is 0 Å². The molecular formula is C12H23N3O. The van der Waals surface area contributed by atoms with Crippen LogP contribution in [0.5, 0.6) is 0 Å². The van der Waals surface area contributed by atoms with E-state index in [9.17, 15) is 4.79 Å². The Bertz CT molecular complexity index is 353. The molecule has 1 atom stereocenters. The van der Waals surface area contributed by atoms with E-state index in [0.29, 0.717) is 6.04 Å². The van der Waals surface area contributed by atoms with Crippen molar-refractivity contribution in [3.05, 3.63) is 22.9 Å². The summed E-state index contributed by atoms with van der Waals surface area (Å²) in [4.78, 5) is 11.9. The van der Waals surface area contributed by atoms with Gasteiger partial charge in [0.25, 0.3) is 0 Å².